The fraction of sp³-hybridized carbons (Fsp3) is 0.176. The van der Waals surface area contributed by atoms with Gasteiger partial charge < -0.3 is 15.0 Å². The van der Waals surface area contributed by atoms with Crippen molar-refractivity contribution < 1.29 is 18.7 Å². The number of amides is 1. The number of aromatic nitrogens is 1. The van der Waals surface area contributed by atoms with E-state index in [9.17, 15) is 14.0 Å². The summed E-state index contributed by atoms with van der Waals surface area (Å²) in [6.45, 7) is 3.52. The van der Waals surface area contributed by atoms with Crippen molar-refractivity contribution in [2.75, 3.05) is 12.4 Å². The molecule has 3 rings (SSSR count). The third kappa shape index (κ3) is 2.42. The Bertz CT molecular complexity index is 865. The zero-order chi connectivity index (χ0) is 16.7. The highest BCUT2D eigenvalue weighted by molar-refractivity contribution is 6.34. The van der Waals surface area contributed by atoms with Crippen LogP contribution in [-0.4, -0.2) is 24.0 Å². The van der Waals surface area contributed by atoms with Gasteiger partial charge in [-0.05, 0) is 43.7 Å². The van der Waals surface area contributed by atoms with Crippen LogP contribution in [0.4, 0.5) is 10.1 Å². The fourth-order valence-corrected chi connectivity index (χ4v) is 2.77. The SMILES string of the molecule is COC(=O)c1c(C)[nH]c(/C=C2\C(=O)Nc3ccc(F)cc32)c1C. The lowest BCUT2D eigenvalue weighted by Gasteiger charge is -2.00. The van der Waals surface area contributed by atoms with E-state index in [2.05, 4.69) is 10.3 Å². The van der Waals surface area contributed by atoms with Crippen LogP contribution in [0, 0.1) is 19.7 Å². The average Bonchev–Trinajstić information content (AvgIpc) is 2.96. The normalized spacial score (nSPS) is 14.8. The molecule has 0 radical (unpaired) electrons. The second-order valence-electron chi connectivity index (χ2n) is 5.36. The lowest BCUT2D eigenvalue weighted by atomic mass is 10.0. The molecule has 2 heterocycles. The van der Waals surface area contributed by atoms with Crippen LogP contribution in [0.25, 0.3) is 11.6 Å². The number of fused-ring (bicyclic) bond motifs is 1. The molecule has 6 heteroatoms. The number of methoxy groups -OCH3 is 1. The van der Waals surface area contributed by atoms with E-state index in [1.807, 2.05) is 0 Å². The second kappa shape index (κ2) is 5.39. The summed E-state index contributed by atoms with van der Waals surface area (Å²) in [4.78, 5) is 27.0. The molecule has 1 aliphatic heterocycles. The number of hydrogen-bond donors (Lipinski definition) is 2. The number of rotatable bonds is 2. The minimum atomic E-state index is -0.441. The van der Waals surface area contributed by atoms with Crippen molar-refractivity contribution >= 4 is 29.2 Å². The number of halogens is 1. The van der Waals surface area contributed by atoms with Crippen LogP contribution in [0.1, 0.15) is 32.9 Å². The van der Waals surface area contributed by atoms with Gasteiger partial charge in [0.25, 0.3) is 5.91 Å². The summed E-state index contributed by atoms with van der Waals surface area (Å²) in [6.07, 6.45) is 1.62. The van der Waals surface area contributed by atoms with Crippen LogP contribution in [0.5, 0.6) is 0 Å². The number of carbonyl (C=O) groups excluding carboxylic acids is 2. The molecule has 0 aliphatic carbocycles. The predicted molar refractivity (Wildman–Crippen MR) is 84.5 cm³/mol. The van der Waals surface area contributed by atoms with Crippen molar-refractivity contribution in [1.29, 1.82) is 0 Å². The zero-order valence-corrected chi connectivity index (χ0v) is 12.9. The van der Waals surface area contributed by atoms with E-state index in [4.69, 9.17) is 4.74 Å². The Morgan fingerprint density at radius 2 is 2.04 bits per heavy atom. The molecule has 1 aliphatic rings. The van der Waals surface area contributed by atoms with E-state index < -0.39 is 11.8 Å². The lowest BCUT2D eigenvalue weighted by molar-refractivity contribution is -0.110. The Morgan fingerprint density at radius 3 is 2.74 bits per heavy atom. The number of esters is 1. The van der Waals surface area contributed by atoms with Crippen molar-refractivity contribution in [3.05, 3.63) is 52.1 Å². The highest BCUT2D eigenvalue weighted by atomic mass is 19.1. The van der Waals surface area contributed by atoms with Gasteiger partial charge in [-0.1, -0.05) is 0 Å². The van der Waals surface area contributed by atoms with Crippen molar-refractivity contribution in [1.82, 2.24) is 4.98 Å². The molecule has 5 nitrogen and oxygen atoms in total. The summed E-state index contributed by atoms with van der Waals surface area (Å²) in [6, 6.07) is 4.13. The van der Waals surface area contributed by atoms with Crippen LogP contribution in [0.3, 0.4) is 0 Å². The van der Waals surface area contributed by atoms with Gasteiger partial charge in [0.15, 0.2) is 0 Å². The van der Waals surface area contributed by atoms with Gasteiger partial charge in [0.1, 0.15) is 5.82 Å². The summed E-state index contributed by atoms with van der Waals surface area (Å²) < 4.78 is 18.2. The molecule has 2 N–H and O–H groups in total. The topological polar surface area (TPSA) is 71.2 Å². The van der Waals surface area contributed by atoms with Crippen LogP contribution < -0.4 is 5.32 Å². The highest BCUT2D eigenvalue weighted by Crippen LogP contribution is 2.34. The van der Waals surface area contributed by atoms with E-state index in [1.54, 1.807) is 19.9 Å². The first kappa shape index (κ1) is 15.0. The van der Waals surface area contributed by atoms with Gasteiger partial charge in [-0.3, -0.25) is 4.79 Å². The number of ether oxygens (including phenoxy) is 1. The summed E-state index contributed by atoms with van der Waals surface area (Å²) in [5, 5.41) is 2.69. The summed E-state index contributed by atoms with van der Waals surface area (Å²) in [5.41, 5.74) is 3.80. The first-order valence-electron chi connectivity index (χ1n) is 7.02. The summed E-state index contributed by atoms with van der Waals surface area (Å²) in [7, 11) is 1.32. The molecule has 0 saturated carbocycles. The van der Waals surface area contributed by atoms with Gasteiger partial charge in [0.05, 0.1) is 18.2 Å². The number of aromatic amines is 1. The number of hydrogen-bond acceptors (Lipinski definition) is 3. The monoisotopic (exact) mass is 314 g/mol. The van der Waals surface area contributed by atoms with Crippen LogP contribution in [-0.2, 0) is 9.53 Å². The van der Waals surface area contributed by atoms with Gasteiger partial charge in [-0.2, -0.15) is 0 Å². The van der Waals surface area contributed by atoms with Crippen molar-refractivity contribution in [2.24, 2.45) is 0 Å². The Labute approximate surface area is 132 Å². The number of benzene rings is 1. The molecule has 0 bridgehead atoms. The maximum Gasteiger partial charge on any atom is 0.339 e. The molecule has 1 aromatic carbocycles. The van der Waals surface area contributed by atoms with E-state index in [-0.39, 0.29) is 5.91 Å². The van der Waals surface area contributed by atoms with Crippen molar-refractivity contribution in [3.8, 4) is 0 Å². The molecular formula is C17H15FN2O3. The number of H-pyrrole nitrogens is 1. The van der Waals surface area contributed by atoms with Gasteiger partial charge in [0.2, 0.25) is 0 Å². The van der Waals surface area contributed by atoms with Crippen LogP contribution in [0.2, 0.25) is 0 Å². The summed E-state index contributed by atoms with van der Waals surface area (Å²) >= 11 is 0. The minimum Gasteiger partial charge on any atom is -0.465 e. The lowest BCUT2D eigenvalue weighted by Crippen LogP contribution is -2.04. The Balaban J connectivity index is 2.12. The number of carbonyl (C=O) groups is 2. The van der Waals surface area contributed by atoms with E-state index in [0.29, 0.717) is 39.3 Å². The molecule has 23 heavy (non-hydrogen) atoms. The zero-order valence-electron chi connectivity index (χ0n) is 12.9. The second-order valence-corrected chi connectivity index (χ2v) is 5.36. The molecule has 0 atom stereocenters. The van der Waals surface area contributed by atoms with Crippen molar-refractivity contribution in [3.63, 3.8) is 0 Å². The molecule has 118 valence electrons. The maximum absolute atomic E-state index is 13.5. The third-order valence-electron chi connectivity index (χ3n) is 3.92. The van der Waals surface area contributed by atoms with E-state index >= 15 is 0 Å². The molecule has 0 fully saturated rings. The van der Waals surface area contributed by atoms with Crippen LogP contribution in [0.15, 0.2) is 18.2 Å². The van der Waals surface area contributed by atoms with E-state index in [0.717, 1.165) is 0 Å². The van der Waals surface area contributed by atoms with Gasteiger partial charge >= 0.3 is 5.97 Å². The summed E-state index contributed by atoms with van der Waals surface area (Å²) in [5.74, 6) is -1.17. The largest absolute Gasteiger partial charge is 0.465 e. The molecular weight excluding hydrogens is 299 g/mol. The first-order valence-corrected chi connectivity index (χ1v) is 7.02. The van der Waals surface area contributed by atoms with Gasteiger partial charge in [-0.15, -0.1) is 0 Å². The smallest absolute Gasteiger partial charge is 0.339 e. The quantitative estimate of drug-likeness (QED) is 0.661. The average molecular weight is 314 g/mol. The first-order chi connectivity index (χ1) is 10.9. The molecule has 1 amide bonds. The Kier molecular flexibility index (Phi) is 3.52. The van der Waals surface area contributed by atoms with E-state index in [1.165, 1.54) is 25.3 Å². The predicted octanol–water partition coefficient (Wildman–Crippen LogP) is 3.05. The minimum absolute atomic E-state index is 0.308. The fourth-order valence-electron chi connectivity index (χ4n) is 2.77. The van der Waals surface area contributed by atoms with Crippen LogP contribution >= 0.6 is 0 Å². The number of aryl methyl sites for hydroxylation is 1. The van der Waals surface area contributed by atoms with Gasteiger partial charge in [-0.25, -0.2) is 9.18 Å². The van der Waals surface area contributed by atoms with Crippen molar-refractivity contribution in [2.45, 2.75) is 13.8 Å². The molecule has 1 aromatic heterocycles. The number of anilines is 1. The molecule has 0 spiro atoms. The number of nitrogens with one attached hydrogen (secondary N) is 2. The molecule has 0 saturated heterocycles. The standard InChI is InChI=1S/C17H15FN2O3/c1-8-14(19-9(2)15(8)17(22)23-3)7-12-11-6-10(18)4-5-13(11)20-16(12)21/h4-7,19H,1-3H3,(H,20,21)/b12-7-. The Morgan fingerprint density at radius 1 is 1.30 bits per heavy atom. The third-order valence-corrected chi connectivity index (χ3v) is 3.92. The maximum atomic E-state index is 13.5. The van der Waals surface area contributed by atoms with Gasteiger partial charge in [0, 0.05) is 22.6 Å². The highest BCUT2D eigenvalue weighted by Gasteiger charge is 2.26. The Hall–Kier alpha value is -2.89. The molecule has 2 aromatic rings. The molecule has 0 unspecified atom stereocenters.